The lowest BCUT2D eigenvalue weighted by Gasteiger charge is -2.02. The zero-order chi connectivity index (χ0) is 15.2. The molecule has 0 aliphatic carbocycles. The minimum Gasteiger partial charge on any atom is -0.497 e. The van der Waals surface area contributed by atoms with E-state index >= 15 is 0 Å². The quantitative estimate of drug-likeness (QED) is 0.554. The zero-order valence-electron chi connectivity index (χ0n) is 12.2. The van der Waals surface area contributed by atoms with Gasteiger partial charge in [0.1, 0.15) is 5.75 Å². The van der Waals surface area contributed by atoms with E-state index in [1.54, 1.807) is 26.0 Å². The number of nitrogens with zero attached hydrogens (tertiary/aromatic N) is 2. The number of aromatic amines is 1. The van der Waals surface area contributed by atoms with Crippen molar-refractivity contribution in [1.82, 2.24) is 9.97 Å². The van der Waals surface area contributed by atoms with Crippen LogP contribution in [-0.2, 0) is 0 Å². The Hall–Kier alpha value is -3.08. The lowest BCUT2D eigenvalue weighted by Crippen LogP contribution is -1.94. The van der Waals surface area contributed by atoms with Crippen LogP contribution < -0.4 is 10.1 Å². The maximum absolute atomic E-state index is 5.12. The molecule has 3 aromatic rings. The minimum absolute atomic E-state index is 0.830. The lowest BCUT2D eigenvalue weighted by molar-refractivity contribution is 0.415. The Morgan fingerprint density at radius 1 is 1.09 bits per heavy atom. The molecule has 0 aliphatic rings. The first-order valence-corrected chi connectivity index (χ1v) is 6.87. The maximum atomic E-state index is 5.12. The predicted octanol–water partition coefficient (Wildman–Crippen LogP) is 3.86. The molecular weight excluding hydrogens is 276 g/mol. The average Bonchev–Trinajstić information content (AvgIpc) is 3.11. The molecule has 5 nitrogen and oxygen atoms in total. The number of hydrogen-bond acceptors (Lipinski definition) is 3. The third kappa shape index (κ3) is 3.32. The molecule has 3 rings (SSSR count). The van der Waals surface area contributed by atoms with Crippen molar-refractivity contribution in [3.8, 4) is 17.0 Å². The van der Waals surface area contributed by atoms with E-state index in [0.717, 1.165) is 28.4 Å². The van der Waals surface area contributed by atoms with Gasteiger partial charge in [0.15, 0.2) is 0 Å². The first-order valence-electron chi connectivity index (χ1n) is 6.87. The van der Waals surface area contributed by atoms with Crippen LogP contribution in [0.25, 0.3) is 11.3 Å². The smallest absolute Gasteiger partial charge is 0.119 e. The summed E-state index contributed by atoms with van der Waals surface area (Å²) in [6.07, 6.45) is 5.14. The van der Waals surface area contributed by atoms with Gasteiger partial charge < -0.3 is 15.0 Å². The molecular formula is C17H16N4O. The van der Waals surface area contributed by atoms with Crippen molar-refractivity contribution in [2.24, 2.45) is 4.99 Å². The molecule has 0 radical (unpaired) electrons. The fraction of sp³-hybridized carbons (Fsp3) is 0.0588. The van der Waals surface area contributed by atoms with E-state index < -0.39 is 0 Å². The lowest BCUT2D eigenvalue weighted by atomic mass is 10.1. The molecule has 0 atom stereocenters. The van der Waals surface area contributed by atoms with E-state index in [0.29, 0.717) is 0 Å². The van der Waals surface area contributed by atoms with Gasteiger partial charge in [0.05, 0.1) is 37.4 Å². The topological polar surface area (TPSA) is 62.3 Å². The number of aromatic nitrogens is 2. The summed E-state index contributed by atoms with van der Waals surface area (Å²) in [6.45, 7) is 0. The molecule has 2 N–H and O–H groups in total. The van der Waals surface area contributed by atoms with Crippen LogP contribution in [0.3, 0.4) is 0 Å². The van der Waals surface area contributed by atoms with Gasteiger partial charge in [0.25, 0.3) is 0 Å². The van der Waals surface area contributed by atoms with Gasteiger partial charge in [-0.2, -0.15) is 0 Å². The Balaban J connectivity index is 1.62. The third-order valence-corrected chi connectivity index (χ3v) is 3.21. The molecule has 0 saturated heterocycles. The predicted molar refractivity (Wildman–Crippen MR) is 88.8 cm³/mol. The average molecular weight is 292 g/mol. The highest BCUT2D eigenvalue weighted by atomic mass is 16.5. The van der Waals surface area contributed by atoms with E-state index in [9.17, 15) is 0 Å². The number of methoxy groups -OCH3 is 1. The van der Waals surface area contributed by atoms with Crippen LogP contribution in [0.4, 0.5) is 11.4 Å². The van der Waals surface area contributed by atoms with Crippen LogP contribution in [0.5, 0.6) is 5.75 Å². The van der Waals surface area contributed by atoms with Crippen LogP contribution in [0.2, 0.25) is 0 Å². The third-order valence-electron chi connectivity index (χ3n) is 3.21. The molecule has 110 valence electrons. The van der Waals surface area contributed by atoms with Crippen LogP contribution in [-0.4, -0.2) is 23.4 Å². The van der Waals surface area contributed by atoms with Crippen molar-refractivity contribution >= 4 is 17.7 Å². The van der Waals surface area contributed by atoms with Gasteiger partial charge in [-0.05, 0) is 42.0 Å². The van der Waals surface area contributed by atoms with Crippen molar-refractivity contribution in [3.05, 3.63) is 61.1 Å². The van der Waals surface area contributed by atoms with Gasteiger partial charge in [-0.1, -0.05) is 12.1 Å². The molecule has 0 spiro atoms. The number of H-pyrrole nitrogens is 1. The summed E-state index contributed by atoms with van der Waals surface area (Å²) < 4.78 is 5.12. The monoisotopic (exact) mass is 292 g/mol. The van der Waals surface area contributed by atoms with Crippen molar-refractivity contribution in [2.45, 2.75) is 0 Å². The molecule has 22 heavy (non-hydrogen) atoms. The van der Waals surface area contributed by atoms with E-state index in [-0.39, 0.29) is 0 Å². The van der Waals surface area contributed by atoms with Gasteiger partial charge >= 0.3 is 0 Å². The Morgan fingerprint density at radius 2 is 1.86 bits per heavy atom. The van der Waals surface area contributed by atoms with Gasteiger partial charge in [0, 0.05) is 5.69 Å². The van der Waals surface area contributed by atoms with E-state index in [2.05, 4.69) is 20.3 Å². The summed E-state index contributed by atoms with van der Waals surface area (Å²) in [7, 11) is 1.65. The molecule has 1 aromatic heterocycles. The maximum Gasteiger partial charge on any atom is 0.119 e. The normalized spacial score (nSPS) is 10.8. The Morgan fingerprint density at radius 3 is 2.50 bits per heavy atom. The summed E-state index contributed by atoms with van der Waals surface area (Å²) in [6, 6.07) is 15.6. The number of anilines is 1. The zero-order valence-corrected chi connectivity index (χ0v) is 12.2. The van der Waals surface area contributed by atoms with E-state index in [1.807, 2.05) is 48.5 Å². The molecule has 5 heteroatoms. The van der Waals surface area contributed by atoms with Gasteiger partial charge in [-0.3, -0.25) is 0 Å². The second kappa shape index (κ2) is 6.58. The number of aliphatic imine (C=N–C) groups is 1. The molecule has 0 bridgehead atoms. The van der Waals surface area contributed by atoms with Gasteiger partial charge in [-0.25, -0.2) is 9.98 Å². The van der Waals surface area contributed by atoms with E-state index in [1.165, 1.54) is 0 Å². The summed E-state index contributed by atoms with van der Waals surface area (Å²) in [4.78, 5) is 11.5. The molecule has 0 saturated carbocycles. The second-order valence-electron chi connectivity index (χ2n) is 4.64. The van der Waals surface area contributed by atoms with Gasteiger partial charge in [-0.15, -0.1) is 0 Å². The molecule has 0 unspecified atom stereocenters. The number of nitrogens with one attached hydrogen (secondary N) is 2. The molecule has 1 heterocycles. The summed E-state index contributed by atoms with van der Waals surface area (Å²) in [5.41, 5.74) is 3.91. The summed E-state index contributed by atoms with van der Waals surface area (Å²) >= 11 is 0. The van der Waals surface area contributed by atoms with Crippen LogP contribution >= 0.6 is 0 Å². The summed E-state index contributed by atoms with van der Waals surface area (Å²) in [5.74, 6) is 0.830. The summed E-state index contributed by atoms with van der Waals surface area (Å²) in [5, 5.41) is 3.12. The van der Waals surface area contributed by atoms with Crippen LogP contribution in [0.1, 0.15) is 0 Å². The Bertz CT molecular complexity index is 731. The fourth-order valence-corrected chi connectivity index (χ4v) is 2.01. The number of ether oxygens (including phenoxy) is 1. The number of imidazole rings is 1. The number of rotatable bonds is 5. The second-order valence-corrected chi connectivity index (χ2v) is 4.64. The Kier molecular flexibility index (Phi) is 4.15. The van der Waals surface area contributed by atoms with Crippen LogP contribution in [0.15, 0.2) is 66.0 Å². The number of hydrogen-bond donors (Lipinski definition) is 2. The highest BCUT2D eigenvalue weighted by Gasteiger charge is 1.98. The van der Waals surface area contributed by atoms with Crippen molar-refractivity contribution < 1.29 is 4.74 Å². The first-order chi connectivity index (χ1) is 10.8. The fourth-order valence-electron chi connectivity index (χ4n) is 2.01. The van der Waals surface area contributed by atoms with Crippen molar-refractivity contribution in [1.29, 1.82) is 0 Å². The van der Waals surface area contributed by atoms with Gasteiger partial charge in [0.2, 0.25) is 0 Å². The minimum atomic E-state index is 0.830. The van der Waals surface area contributed by atoms with Crippen molar-refractivity contribution in [2.75, 3.05) is 12.4 Å². The van der Waals surface area contributed by atoms with Crippen molar-refractivity contribution in [3.63, 3.8) is 0 Å². The highest BCUT2D eigenvalue weighted by molar-refractivity contribution is 5.78. The largest absolute Gasteiger partial charge is 0.497 e. The molecule has 2 aromatic carbocycles. The standard InChI is InChI=1S/C17H16N4O/c1-22-16-8-6-15(7-9-16)20-12-19-14-4-2-13(3-5-14)17-10-18-11-21-17/h2-12H,1H3,(H,18,21)(H,19,20). The highest BCUT2D eigenvalue weighted by Crippen LogP contribution is 2.20. The number of benzene rings is 2. The molecule has 0 aliphatic heterocycles. The van der Waals surface area contributed by atoms with E-state index in [4.69, 9.17) is 4.74 Å². The van der Waals surface area contributed by atoms with Crippen LogP contribution in [0, 0.1) is 0 Å². The molecule has 0 fully saturated rings. The Labute approximate surface area is 128 Å². The SMILES string of the molecule is COc1ccc(NC=Nc2ccc(-c3cnc[nH]3)cc2)cc1. The molecule has 0 amide bonds. The first kappa shape index (κ1) is 13.9.